The Labute approximate surface area is 181 Å². The maximum Gasteiger partial charge on any atom is 0.276 e. The molecule has 8 heteroatoms. The number of carbonyl (C=O) groups excluding carboxylic acids is 1. The summed E-state index contributed by atoms with van der Waals surface area (Å²) in [5.74, 6) is -0.356. The van der Waals surface area contributed by atoms with Gasteiger partial charge in [-0.2, -0.15) is 5.10 Å². The quantitative estimate of drug-likeness (QED) is 0.569. The second kappa shape index (κ2) is 12.2. The van der Waals surface area contributed by atoms with Crippen LogP contribution in [0.3, 0.4) is 0 Å². The molecular formula is C21H26ClN5OS. The van der Waals surface area contributed by atoms with Gasteiger partial charge in [0, 0.05) is 36.9 Å². The third-order valence-corrected chi connectivity index (χ3v) is 4.83. The summed E-state index contributed by atoms with van der Waals surface area (Å²) in [6, 6.07) is 3.76. The molecule has 1 amide bonds. The van der Waals surface area contributed by atoms with Gasteiger partial charge in [0.05, 0.1) is 17.7 Å². The Morgan fingerprint density at radius 2 is 2.21 bits per heavy atom. The predicted octanol–water partition coefficient (Wildman–Crippen LogP) is 4.33. The number of pyridine rings is 1. The van der Waals surface area contributed by atoms with Crippen molar-refractivity contribution in [3.05, 3.63) is 65.8 Å². The van der Waals surface area contributed by atoms with Crippen LogP contribution >= 0.6 is 23.4 Å². The topological polar surface area (TPSA) is 70.0 Å². The summed E-state index contributed by atoms with van der Waals surface area (Å²) >= 11 is 7.29. The van der Waals surface area contributed by atoms with Crippen LogP contribution in [0.1, 0.15) is 25.8 Å². The van der Waals surface area contributed by atoms with Crippen LogP contribution in [0.15, 0.2) is 70.3 Å². The molecule has 2 unspecified atom stereocenters. The van der Waals surface area contributed by atoms with Gasteiger partial charge in [0.25, 0.3) is 5.91 Å². The van der Waals surface area contributed by atoms with E-state index in [9.17, 15) is 4.79 Å². The zero-order valence-electron chi connectivity index (χ0n) is 16.8. The van der Waals surface area contributed by atoms with Gasteiger partial charge in [-0.3, -0.25) is 14.8 Å². The molecule has 6 nitrogen and oxygen atoms in total. The van der Waals surface area contributed by atoms with Crippen LogP contribution in [0.2, 0.25) is 0 Å². The number of thioether (sulfide) groups is 1. The molecule has 0 saturated heterocycles. The van der Waals surface area contributed by atoms with Gasteiger partial charge in [0.15, 0.2) is 5.04 Å². The Kier molecular flexibility index (Phi) is 9.67. The van der Waals surface area contributed by atoms with E-state index in [0.717, 1.165) is 5.56 Å². The number of carbonyl (C=O) groups is 1. The number of aromatic nitrogens is 1. The van der Waals surface area contributed by atoms with Crippen molar-refractivity contribution in [2.45, 2.75) is 32.9 Å². The summed E-state index contributed by atoms with van der Waals surface area (Å²) in [7, 11) is 0. The van der Waals surface area contributed by atoms with E-state index in [-0.39, 0.29) is 17.9 Å². The molecule has 0 aromatic carbocycles. The average Bonchev–Trinajstić information content (AvgIpc) is 3.18. The first-order chi connectivity index (χ1) is 14.1. The van der Waals surface area contributed by atoms with Crippen LogP contribution < -0.4 is 5.32 Å². The maximum atomic E-state index is 12.5. The molecule has 29 heavy (non-hydrogen) atoms. The summed E-state index contributed by atoms with van der Waals surface area (Å²) in [6.45, 7) is 4.64. The molecule has 0 aliphatic carbocycles. The highest BCUT2D eigenvalue weighted by molar-refractivity contribution is 8.15. The van der Waals surface area contributed by atoms with Crippen molar-refractivity contribution >= 4 is 40.5 Å². The number of hydrogen-bond acceptors (Lipinski definition) is 6. The van der Waals surface area contributed by atoms with Crippen molar-refractivity contribution in [1.29, 1.82) is 0 Å². The lowest BCUT2D eigenvalue weighted by Gasteiger charge is -2.24. The van der Waals surface area contributed by atoms with Gasteiger partial charge in [-0.05, 0) is 24.0 Å². The summed E-state index contributed by atoms with van der Waals surface area (Å²) in [5.41, 5.74) is 2.94. The highest BCUT2D eigenvalue weighted by Crippen LogP contribution is 2.29. The van der Waals surface area contributed by atoms with E-state index in [0.29, 0.717) is 17.3 Å². The molecule has 0 radical (unpaired) electrons. The van der Waals surface area contributed by atoms with Crippen molar-refractivity contribution in [2.24, 2.45) is 16.0 Å². The fraction of sp³-hybridized carbons (Fsp3) is 0.333. The van der Waals surface area contributed by atoms with Gasteiger partial charge in [0.1, 0.15) is 0 Å². The second-order valence-electron chi connectivity index (χ2n) is 6.29. The molecule has 154 valence electrons. The normalized spacial score (nSPS) is 20.2. The number of amides is 1. The van der Waals surface area contributed by atoms with Crippen molar-refractivity contribution in [3.8, 4) is 0 Å². The number of nitrogens with zero attached hydrogens (tertiary/aromatic N) is 4. The van der Waals surface area contributed by atoms with Crippen molar-refractivity contribution in [2.75, 3.05) is 6.26 Å². The van der Waals surface area contributed by atoms with Gasteiger partial charge in [-0.15, -0.1) is 11.8 Å². The SMILES string of the molecule is CCC.CSC(=N/C(=C/Cl)C1C=NN2C=CC=CC12)C(=O)NCc1cccnc1. The minimum absolute atomic E-state index is 0.0234. The second-order valence-corrected chi connectivity index (χ2v) is 7.31. The Morgan fingerprint density at radius 3 is 2.86 bits per heavy atom. The summed E-state index contributed by atoms with van der Waals surface area (Å²) in [6.07, 6.45) is 16.1. The number of allylic oxidation sites excluding steroid dienone is 2. The lowest BCUT2D eigenvalue weighted by Crippen LogP contribution is -2.31. The van der Waals surface area contributed by atoms with Crippen molar-refractivity contribution in [3.63, 3.8) is 0 Å². The van der Waals surface area contributed by atoms with Gasteiger partial charge in [-0.25, -0.2) is 4.99 Å². The first kappa shape index (κ1) is 22.9. The van der Waals surface area contributed by atoms with Crippen molar-refractivity contribution < 1.29 is 4.79 Å². The molecule has 1 aromatic heterocycles. The van der Waals surface area contributed by atoms with E-state index >= 15 is 0 Å². The largest absolute Gasteiger partial charge is 0.346 e. The molecule has 2 aliphatic heterocycles. The highest BCUT2D eigenvalue weighted by atomic mass is 35.5. The first-order valence-electron chi connectivity index (χ1n) is 9.42. The van der Waals surface area contributed by atoms with Gasteiger partial charge in [-0.1, -0.05) is 50.1 Å². The number of fused-ring (bicyclic) bond motifs is 1. The standard InChI is InChI=1S/C18H18ClN5OS.C3H8/c1-26-18(17(25)21-11-13-5-4-7-20-10-13)23-15(9-19)14-12-22-24-8-3-2-6-16(14)24;1-3-2/h2-10,12,14,16H,11H2,1H3,(H,21,25);3H2,1-2H3/b15-9+,23-18?;. The zero-order valence-corrected chi connectivity index (χ0v) is 18.4. The van der Waals surface area contributed by atoms with E-state index in [4.69, 9.17) is 11.6 Å². The molecule has 2 aliphatic rings. The zero-order chi connectivity index (χ0) is 21.1. The summed E-state index contributed by atoms with van der Waals surface area (Å²) < 4.78 is 0. The minimum Gasteiger partial charge on any atom is -0.346 e. The van der Waals surface area contributed by atoms with Crippen LogP contribution in [0.4, 0.5) is 0 Å². The predicted molar refractivity (Wildman–Crippen MR) is 123 cm³/mol. The third-order valence-electron chi connectivity index (χ3n) is 3.94. The summed E-state index contributed by atoms with van der Waals surface area (Å²) in [4.78, 5) is 21.0. The molecular weight excluding hydrogens is 406 g/mol. The minimum atomic E-state index is -0.247. The smallest absolute Gasteiger partial charge is 0.276 e. The average molecular weight is 432 g/mol. The van der Waals surface area contributed by atoms with Crippen LogP contribution in [-0.2, 0) is 11.3 Å². The van der Waals surface area contributed by atoms with E-state index < -0.39 is 0 Å². The molecule has 3 heterocycles. The lowest BCUT2D eigenvalue weighted by atomic mass is 9.97. The Morgan fingerprint density at radius 1 is 1.41 bits per heavy atom. The number of hydrogen-bond donors (Lipinski definition) is 1. The Hall–Kier alpha value is -2.38. The van der Waals surface area contributed by atoms with Gasteiger partial charge < -0.3 is 5.32 Å². The first-order valence-corrected chi connectivity index (χ1v) is 11.1. The van der Waals surface area contributed by atoms with E-state index in [2.05, 4.69) is 34.2 Å². The molecule has 0 spiro atoms. The van der Waals surface area contributed by atoms with E-state index in [1.807, 2.05) is 47.8 Å². The Bertz CT molecular complexity index is 820. The van der Waals surface area contributed by atoms with E-state index in [1.165, 1.54) is 23.7 Å². The monoisotopic (exact) mass is 431 g/mol. The number of aliphatic imine (C=N–C) groups is 1. The molecule has 1 aromatic rings. The molecule has 0 fully saturated rings. The van der Waals surface area contributed by atoms with Crippen LogP contribution in [0.5, 0.6) is 0 Å². The fourth-order valence-electron chi connectivity index (χ4n) is 2.63. The van der Waals surface area contributed by atoms with E-state index in [1.54, 1.807) is 18.6 Å². The molecule has 0 saturated carbocycles. The van der Waals surface area contributed by atoms with Crippen LogP contribution in [-0.4, -0.2) is 39.5 Å². The van der Waals surface area contributed by atoms with Gasteiger partial charge >= 0.3 is 0 Å². The third kappa shape index (κ3) is 6.58. The Balaban J connectivity index is 0.000000941. The summed E-state index contributed by atoms with van der Waals surface area (Å²) in [5, 5.41) is 9.40. The van der Waals surface area contributed by atoms with Crippen molar-refractivity contribution in [1.82, 2.24) is 15.3 Å². The molecule has 3 rings (SSSR count). The highest BCUT2D eigenvalue weighted by Gasteiger charge is 2.32. The van der Waals surface area contributed by atoms with Gasteiger partial charge in [0.2, 0.25) is 0 Å². The van der Waals surface area contributed by atoms with Crippen LogP contribution in [0, 0.1) is 5.92 Å². The lowest BCUT2D eigenvalue weighted by molar-refractivity contribution is -0.114. The number of nitrogens with one attached hydrogen (secondary N) is 1. The maximum absolute atomic E-state index is 12.5. The number of hydrazone groups is 1. The molecule has 2 atom stereocenters. The number of halogens is 1. The van der Waals surface area contributed by atoms with Crippen LogP contribution in [0.25, 0.3) is 0 Å². The molecule has 1 N–H and O–H groups in total. The number of rotatable bonds is 4. The fourth-order valence-corrected chi connectivity index (χ4v) is 3.28. The molecule has 0 bridgehead atoms.